The molecule has 0 amide bonds. The molecule has 0 unspecified atom stereocenters. The second-order valence-electron chi connectivity index (χ2n) is 4.57. The lowest BCUT2D eigenvalue weighted by Gasteiger charge is -2.28. The molecule has 0 saturated carbocycles. The number of unbranched alkanes of at least 4 members (excludes halogenated alkanes) is 1. The highest BCUT2D eigenvalue weighted by molar-refractivity contribution is 5.39. The summed E-state index contributed by atoms with van der Waals surface area (Å²) in [5, 5.41) is 19.4. The Hall–Kier alpha value is -0.900. The molecule has 88 valence electrons. The minimum Gasteiger partial charge on any atom is -0.396 e. The van der Waals surface area contributed by atoms with Gasteiger partial charge in [-0.2, -0.15) is 0 Å². The third-order valence-electron chi connectivity index (χ3n) is 3.50. The summed E-state index contributed by atoms with van der Waals surface area (Å²) in [6.45, 7) is 0.174. The molecule has 1 aromatic rings. The molecule has 1 aliphatic rings. The third-order valence-corrected chi connectivity index (χ3v) is 3.50. The summed E-state index contributed by atoms with van der Waals surface area (Å²) in [7, 11) is 0. The Morgan fingerprint density at radius 3 is 2.81 bits per heavy atom. The first-order valence-electron chi connectivity index (χ1n) is 5.85. The van der Waals surface area contributed by atoms with Gasteiger partial charge in [0, 0.05) is 12.6 Å². The van der Waals surface area contributed by atoms with E-state index in [9.17, 15) is 5.11 Å². The summed E-state index contributed by atoms with van der Waals surface area (Å²) in [4.78, 5) is 0. The van der Waals surface area contributed by atoms with Crippen molar-refractivity contribution in [3.8, 4) is 0 Å². The molecule has 1 aromatic carbocycles. The molecule has 16 heavy (non-hydrogen) atoms. The zero-order chi connectivity index (χ0) is 11.6. The molecular weight excluding hydrogens is 202 g/mol. The second-order valence-corrected chi connectivity index (χ2v) is 4.57. The van der Waals surface area contributed by atoms with Crippen LogP contribution in [0.1, 0.15) is 30.4 Å². The van der Waals surface area contributed by atoms with Crippen LogP contribution in [0.4, 0.5) is 0 Å². The van der Waals surface area contributed by atoms with Crippen molar-refractivity contribution in [3.63, 3.8) is 0 Å². The number of nitrogens with two attached hydrogens (primary N) is 1. The Balaban J connectivity index is 2.19. The van der Waals surface area contributed by atoms with Gasteiger partial charge < -0.3 is 15.9 Å². The van der Waals surface area contributed by atoms with E-state index >= 15 is 0 Å². The van der Waals surface area contributed by atoms with E-state index in [1.807, 2.05) is 24.3 Å². The highest BCUT2D eigenvalue weighted by Gasteiger charge is 2.42. The van der Waals surface area contributed by atoms with Crippen molar-refractivity contribution >= 4 is 0 Å². The number of aliphatic hydroxyl groups is 2. The fourth-order valence-electron chi connectivity index (χ4n) is 2.55. The minimum atomic E-state index is -0.897. The van der Waals surface area contributed by atoms with E-state index in [1.165, 1.54) is 0 Å². The molecule has 3 heteroatoms. The van der Waals surface area contributed by atoms with E-state index in [2.05, 4.69) is 0 Å². The Labute approximate surface area is 95.9 Å². The number of rotatable bonds is 4. The lowest BCUT2D eigenvalue weighted by molar-refractivity contribution is 0.00912. The Kier molecular flexibility index (Phi) is 3.28. The van der Waals surface area contributed by atoms with E-state index in [4.69, 9.17) is 10.8 Å². The van der Waals surface area contributed by atoms with Crippen LogP contribution in [0, 0.1) is 0 Å². The van der Waals surface area contributed by atoms with Gasteiger partial charge in [0.15, 0.2) is 0 Å². The molecule has 0 spiro atoms. The monoisotopic (exact) mass is 221 g/mol. The average molecular weight is 221 g/mol. The highest BCUT2D eigenvalue weighted by Crippen LogP contribution is 2.39. The van der Waals surface area contributed by atoms with Crippen molar-refractivity contribution in [1.29, 1.82) is 0 Å². The van der Waals surface area contributed by atoms with Gasteiger partial charge in [-0.3, -0.25) is 0 Å². The van der Waals surface area contributed by atoms with Crippen molar-refractivity contribution in [2.24, 2.45) is 5.73 Å². The lowest BCUT2D eigenvalue weighted by Crippen LogP contribution is -2.42. The molecular formula is C13H19NO2. The summed E-state index contributed by atoms with van der Waals surface area (Å²) < 4.78 is 0. The molecule has 0 radical (unpaired) electrons. The molecule has 0 aromatic heterocycles. The maximum Gasteiger partial charge on any atom is 0.105 e. The molecule has 1 aliphatic carbocycles. The Morgan fingerprint density at radius 1 is 1.31 bits per heavy atom. The Morgan fingerprint density at radius 2 is 2.06 bits per heavy atom. The zero-order valence-corrected chi connectivity index (χ0v) is 9.39. The predicted molar refractivity (Wildman–Crippen MR) is 63.0 cm³/mol. The number of hydrogen-bond donors (Lipinski definition) is 3. The summed E-state index contributed by atoms with van der Waals surface area (Å²) in [5.74, 6) is 0. The van der Waals surface area contributed by atoms with E-state index in [0.29, 0.717) is 6.42 Å². The average Bonchev–Trinajstić information content (AvgIpc) is 2.53. The van der Waals surface area contributed by atoms with Crippen LogP contribution < -0.4 is 5.73 Å². The number of fused-ring (bicyclic) bond motifs is 1. The highest BCUT2D eigenvalue weighted by atomic mass is 16.3. The molecule has 0 fully saturated rings. The second kappa shape index (κ2) is 4.53. The van der Waals surface area contributed by atoms with Crippen LogP contribution in [-0.4, -0.2) is 22.9 Å². The van der Waals surface area contributed by atoms with Crippen LogP contribution in [-0.2, 0) is 12.0 Å². The van der Waals surface area contributed by atoms with Gasteiger partial charge in [0.1, 0.15) is 5.60 Å². The van der Waals surface area contributed by atoms with E-state index in [0.717, 1.165) is 30.4 Å². The third kappa shape index (κ3) is 1.86. The van der Waals surface area contributed by atoms with Gasteiger partial charge in [-0.15, -0.1) is 0 Å². The van der Waals surface area contributed by atoms with Gasteiger partial charge in [0.2, 0.25) is 0 Å². The van der Waals surface area contributed by atoms with Crippen LogP contribution in [0.3, 0.4) is 0 Å². The maximum absolute atomic E-state index is 10.6. The van der Waals surface area contributed by atoms with E-state index in [-0.39, 0.29) is 12.6 Å². The summed E-state index contributed by atoms with van der Waals surface area (Å²) in [5.41, 5.74) is 7.26. The number of benzene rings is 1. The van der Waals surface area contributed by atoms with Gasteiger partial charge in [0.05, 0.1) is 0 Å². The normalized spacial score (nSPS) is 28.1. The largest absolute Gasteiger partial charge is 0.396 e. The van der Waals surface area contributed by atoms with Crippen LogP contribution >= 0.6 is 0 Å². The standard InChI is InChI=1S/C13H19NO2/c14-12-9-10-5-1-2-6-11(10)13(12,16)7-3-4-8-15/h1-2,5-6,12,15-16H,3-4,7-9,14H2/t12-,13-/m0/s1. The first kappa shape index (κ1) is 11.6. The van der Waals surface area contributed by atoms with Crippen LogP contribution in [0.2, 0.25) is 0 Å². The first-order valence-corrected chi connectivity index (χ1v) is 5.85. The minimum absolute atomic E-state index is 0.174. The summed E-state index contributed by atoms with van der Waals surface area (Å²) in [6, 6.07) is 7.68. The van der Waals surface area contributed by atoms with E-state index < -0.39 is 5.60 Å². The smallest absolute Gasteiger partial charge is 0.105 e. The van der Waals surface area contributed by atoms with Crippen LogP contribution in [0.15, 0.2) is 24.3 Å². The van der Waals surface area contributed by atoms with Crippen LogP contribution in [0.5, 0.6) is 0 Å². The number of hydrogen-bond acceptors (Lipinski definition) is 3. The molecule has 3 nitrogen and oxygen atoms in total. The molecule has 4 N–H and O–H groups in total. The lowest BCUT2D eigenvalue weighted by atomic mass is 9.87. The summed E-state index contributed by atoms with van der Waals surface area (Å²) >= 11 is 0. The van der Waals surface area contributed by atoms with E-state index in [1.54, 1.807) is 0 Å². The van der Waals surface area contributed by atoms with Gasteiger partial charge in [-0.05, 0) is 36.8 Å². The fraction of sp³-hybridized carbons (Fsp3) is 0.538. The van der Waals surface area contributed by atoms with Gasteiger partial charge in [-0.1, -0.05) is 24.3 Å². The fourth-order valence-corrected chi connectivity index (χ4v) is 2.55. The van der Waals surface area contributed by atoms with Gasteiger partial charge in [-0.25, -0.2) is 0 Å². The van der Waals surface area contributed by atoms with Gasteiger partial charge in [0.25, 0.3) is 0 Å². The number of aliphatic hydroxyl groups excluding tert-OH is 1. The molecule has 0 saturated heterocycles. The quantitative estimate of drug-likeness (QED) is 0.662. The van der Waals surface area contributed by atoms with Crippen LogP contribution in [0.25, 0.3) is 0 Å². The molecule has 0 aliphatic heterocycles. The first-order chi connectivity index (χ1) is 7.68. The van der Waals surface area contributed by atoms with Crippen molar-refractivity contribution in [3.05, 3.63) is 35.4 Å². The van der Waals surface area contributed by atoms with Crippen molar-refractivity contribution in [1.82, 2.24) is 0 Å². The topological polar surface area (TPSA) is 66.5 Å². The SMILES string of the molecule is N[C@H]1Cc2ccccc2[C@@]1(O)CCCCO. The Bertz CT molecular complexity index is 367. The predicted octanol–water partition coefficient (Wildman–Crippen LogP) is 0.920. The van der Waals surface area contributed by atoms with Crippen molar-refractivity contribution in [2.75, 3.05) is 6.61 Å². The summed E-state index contributed by atoms with van der Waals surface area (Å²) in [6.07, 6.45) is 2.89. The molecule has 0 bridgehead atoms. The maximum atomic E-state index is 10.6. The molecule has 2 rings (SSSR count). The van der Waals surface area contributed by atoms with Crippen molar-refractivity contribution < 1.29 is 10.2 Å². The zero-order valence-electron chi connectivity index (χ0n) is 9.39. The van der Waals surface area contributed by atoms with Crippen molar-refractivity contribution in [2.45, 2.75) is 37.3 Å². The molecule has 0 heterocycles. The molecule has 2 atom stereocenters. The van der Waals surface area contributed by atoms with Gasteiger partial charge >= 0.3 is 0 Å².